The SMILES string of the molecule is C#Cc1ccc(C2(C(=O)O)CC(N)C2)cc1. The van der Waals surface area contributed by atoms with Gasteiger partial charge in [-0.2, -0.15) is 0 Å². The maximum Gasteiger partial charge on any atom is 0.314 e. The van der Waals surface area contributed by atoms with Crippen LogP contribution in [0.5, 0.6) is 0 Å². The van der Waals surface area contributed by atoms with Crippen molar-refractivity contribution in [2.24, 2.45) is 5.73 Å². The number of rotatable bonds is 2. The first-order valence-electron chi connectivity index (χ1n) is 5.14. The molecular weight excluding hydrogens is 202 g/mol. The van der Waals surface area contributed by atoms with Gasteiger partial charge in [0.15, 0.2) is 0 Å². The van der Waals surface area contributed by atoms with Gasteiger partial charge in [-0.05, 0) is 30.5 Å². The van der Waals surface area contributed by atoms with Crippen LogP contribution >= 0.6 is 0 Å². The van der Waals surface area contributed by atoms with Crippen molar-refractivity contribution in [1.82, 2.24) is 0 Å². The van der Waals surface area contributed by atoms with Gasteiger partial charge in [0.2, 0.25) is 0 Å². The number of terminal acetylenes is 1. The monoisotopic (exact) mass is 215 g/mol. The molecule has 1 fully saturated rings. The number of aliphatic carboxylic acids is 1. The molecule has 3 N–H and O–H groups in total. The van der Waals surface area contributed by atoms with Crippen molar-refractivity contribution in [1.29, 1.82) is 0 Å². The lowest BCUT2D eigenvalue weighted by Gasteiger charge is -2.43. The molecule has 1 aliphatic rings. The largest absolute Gasteiger partial charge is 0.481 e. The van der Waals surface area contributed by atoms with Crippen LogP contribution in [0.15, 0.2) is 24.3 Å². The van der Waals surface area contributed by atoms with E-state index in [2.05, 4.69) is 5.92 Å². The number of carboxylic acids is 1. The summed E-state index contributed by atoms with van der Waals surface area (Å²) in [6, 6.07) is 7.10. The molecule has 0 saturated heterocycles. The molecule has 3 nitrogen and oxygen atoms in total. The van der Waals surface area contributed by atoms with Gasteiger partial charge >= 0.3 is 5.97 Å². The zero-order chi connectivity index (χ0) is 11.8. The van der Waals surface area contributed by atoms with E-state index >= 15 is 0 Å². The first kappa shape index (κ1) is 10.7. The summed E-state index contributed by atoms with van der Waals surface area (Å²) in [6.07, 6.45) is 6.25. The highest BCUT2D eigenvalue weighted by molar-refractivity contribution is 5.83. The number of benzene rings is 1. The zero-order valence-corrected chi connectivity index (χ0v) is 8.81. The summed E-state index contributed by atoms with van der Waals surface area (Å²) in [5, 5.41) is 9.29. The third kappa shape index (κ3) is 1.48. The van der Waals surface area contributed by atoms with Crippen LogP contribution < -0.4 is 5.73 Å². The molecule has 0 heterocycles. The molecule has 1 aliphatic carbocycles. The molecule has 16 heavy (non-hydrogen) atoms. The summed E-state index contributed by atoms with van der Waals surface area (Å²) in [6.45, 7) is 0. The quantitative estimate of drug-likeness (QED) is 0.726. The molecule has 0 bridgehead atoms. The molecule has 82 valence electrons. The van der Waals surface area contributed by atoms with Gasteiger partial charge in [0.1, 0.15) is 0 Å². The molecule has 2 rings (SSSR count). The second-order valence-electron chi connectivity index (χ2n) is 4.28. The fourth-order valence-electron chi connectivity index (χ4n) is 2.25. The van der Waals surface area contributed by atoms with Gasteiger partial charge in [-0.1, -0.05) is 18.1 Å². The van der Waals surface area contributed by atoms with Gasteiger partial charge in [-0.3, -0.25) is 4.79 Å². The van der Waals surface area contributed by atoms with Crippen molar-refractivity contribution in [3.05, 3.63) is 35.4 Å². The van der Waals surface area contributed by atoms with Gasteiger partial charge in [0, 0.05) is 11.6 Å². The van der Waals surface area contributed by atoms with E-state index in [9.17, 15) is 9.90 Å². The fourth-order valence-corrected chi connectivity index (χ4v) is 2.25. The van der Waals surface area contributed by atoms with Gasteiger partial charge in [0.05, 0.1) is 5.41 Å². The highest BCUT2D eigenvalue weighted by Gasteiger charge is 2.50. The van der Waals surface area contributed by atoms with Crippen LogP contribution in [0.4, 0.5) is 0 Å². The number of carbonyl (C=O) groups is 1. The summed E-state index contributed by atoms with van der Waals surface area (Å²) in [7, 11) is 0. The number of nitrogens with two attached hydrogens (primary N) is 1. The highest BCUT2D eigenvalue weighted by atomic mass is 16.4. The Hall–Kier alpha value is -1.79. The zero-order valence-electron chi connectivity index (χ0n) is 8.81. The molecule has 0 aromatic heterocycles. The van der Waals surface area contributed by atoms with E-state index in [0.29, 0.717) is 12.8 Å². The molecular formula is C13H13NO2. The Morgan fingerprint density at radius 3 is 2.38 bits per heavy atom. The molecule has 3 heteroatoms. The number of hydrogen-bond donors (Lipinski definition) is 2. The van der Waals surface area contributed by atoms with Crippen molar-refractivity contribution in [2.75, 3.05) is 0 Å². The maximum absolute atomic E-state index is 11.3. The van der Waals surface area contributed by atoms with Crippen LogP contribution in [0, 0.1) is 12.3 Å². The van der Waals surface area contributed by atoms with E-state index in [1.807, 2.05) is 0 Å². The summed E-state index contributed by atoms with van der Waals surface area (Å²) in [5.74, 6) is 1.70. The van der Waals surface area contributed by atoms with Crippen molar-refractivity contribution in [2.45, 2.75) is 24.3 Å². The minimum atomic E-state index is -0.803. The lowest BCUT2D eigenvalue weighted by molar-refractivity contribution is -0.148. The van der Waals surface area contributed by atoms with Crippen LogP contribution in [-0.2, 0) is 10.2 Å². The Morgan fingerprint density at radius 2 is 2.00 bits per heavy atom. The molecule has 0 amide bonds. The lowest BCUT2D eigenvalue weighted by atomic mass is 9.62. The molecule has 0 unspecified atom stereocenters. The van der Waals surface area contributed by atoms with Crippen LogP contribution in [0.1, 0.15) is 24.0 Å². The molecule has 0 atom stereocenters. The van der Waals surface area contributed by atoms with Crippen molar-refractivity contribution >= 4 is 5.97 Å². The van der Waals surface area contributed by atoms with E-state index in [4.69, 9.17) is 12.2 Å². The standard InChI is InChI=1S/C13H13NO2/c1-2-9-3-5-10(6-4-9)13(12(15)16)7-11(14)8-13/h1,3-6,11H,7-8,14H2,(H,15,16). The summed E-state index contributed by atoms with van der Waals surface area (Å²) >= 11 is 0. The fraction of sp³-hybridized carbons (Fsp3) is 0.308. The van der Waals surface area contributed by atoms with E-state index in [1.54, 1.807) is 24.3 Å². The normalized spacial score (nSPS) is 27.9. The molecule has 0 spiro atoms. The van der Waals surface area contributed by atoms with Crippen LogP contribution in [0.25, 0.3) is 0 Å². The van der Waals surface area contributed by atoms with Crippen molar-refractivity contribution in [3.63, 3.8) is 0 Å². The van der Waals surface area contributed by atoms with Gasteiger partial charge in [-0.15, -0.1) is 6.42 Å². The van der Waals surface area contributed by atoms with E-state index in [0.717, 1.165) is 11.1 Å². The van der Waals surface area contributed by atoms with Crippen LogP contribution in [0.2, 0.25) is 0 Å². The summed E-state index contributed by atoms with van der Waals surface area (Å²) in [5.41, 5.74) is 6.44. The maximum atomic E-state index is 11.3. The average molecular weight is 215 g/mol. The third-order valence-electron chi connectivity index (χ3n) is 3.23. The van der Waals surface area contributed by atoms with Gasteiger partial charge < -0.3 is 10.8 Å². The Balaban J connectivity index is 2.35. The Morgan fingerprint density at radius 1 is 1.44 bits per heavy atom. The lowest BCUT2D eigenvalue weighted by Crippen LogP contribution is -2.54. The van der Waals surface area contributed by atoms with E-state index in [1.165, 1.54) is 0 Å². The summed E-state index contributed by atoms with van der Waals surface area (Å²) in [4.78, 5) is 11.3. The second-order valence-corrected chi connectivity index (χ2v) is 4.28. The Kier molecular flexibility index (Phi) is 2.45. The first-order chi connectivity index (χ1) is 7.58. The molecule has 0 radical (unpaired) electrons. The molecule has 0 aliphatic heterocycles. The Bertz CT molecular complexity index is 450. The topological polar surface area (TPSA) is 63.3 Å². The third-order valence-corrected chi connectivity index (χ3v) is 3.23. The van der Waals surface area contributed by atoms with Crippen LogP contribution in [0.3, 0.4) is 0 Å². The second kappa shape index (κ2) is 3.66. The minimum absolute atomic E-state index is 0.0107. The van der Waals surface area contributed by atoms with E-state index < -0.39 is 11.4 Å². The van der Waals surface area contributed by atoms with E-state index in [-0.39, 0.29) is 6.04 Å². The molecule has 1 aromatic rings. The predicted molar refractivity (Wildman–Crippen MR) is 60.9 cm³/mol. The average Bonchev–Trinajstić information content (AvgIpc) is 2.24. The van der Waals surface area contributed by atoms with Crippen molar-refractivity contribution in [3.8, 4) is 12.3 Å². The Labute approximate surface area is 94.3 Å². The van der Waals surface area contributed by atoms with Gasteiger partial charge in [-0.25, -0.2) is 0 Å². The predicted octanol–water partition coefficient (Wildman–Crippen LogP) is 1.11. The highest BCUT2D eigenvalue weighted by Crippen LogP contribution is 2.43. The smallest absolute Gasteiger partial charge is 0.314 e. The molecule has 1 aromatic carbocycles. The van der Waals surface area contributed by atoms with Crippen LogP contribution in [-0.4, -0.2) is 17.1 Å². The summed E-state index contributed by atoms with van der Waals surface area (Å²) < 4.78 is 0. The first-order valence-corrected chi connectivity index (χ1v) is 5.14. The van der Waals surface area contributed by atoms with Crippen molar-refractivity contribution < 1.29 is 9.90 Å². The molecule has 1 saturated carbocycles. The van der Waals surface area contributed by atoms with Gasteiger partial charge in [0.25, 0.3) is 0 Å². The number of carboxylic acid groups (broad SMARTS) is 1. The number of hydrogen-bond acceptors (Lipinski definition) is 2. The minimum Gasteiger partial charge on any atom is -0.481 e.